The first kappa shape index (κ1) is 21.9. The van der Waals surface area contributed by atoms with E-state index in [1.807, 2.05) is 36.4 Å². The maximum absolute atomic E-state index is 13.7. The van der Waals surface area contributed by atoms with Crippen LogP contribution in [0.1, 0.15) is 31.0 Å². The quantitative estimate of drug-likeness (QED) is 0.493. The highest BCUT2D eigenvalue weighted by atomic mass is 32.1. The van der Waals surface area contributed by atoms with Gasteiger partial charge in [-0.3, -0.25) is 14.2 Å². The molecule has 5 rings (SSSR count). The van der Waals surface area contributed by atoms with Crippen molar-refractivity contribution in [3.63, 3.8) is 0 Å². The van der Waals surface area contributed by atoms with Crippen molar-refractivity contribution in [2.45, 2.75) is 19.9 Å². The molecule has 0 saturated heterocycles. The summed E-state index contributed by atoms with van der Waals surface area (Å²) in [4.78, 5) is 31.8. The van der Waals surface area contributed by atoms with Crippen LogP contribution < -0.4 is 19.6 Å². The lowest BCUT2D eigenvalue weighted by Gasteiger charge is -2.27. The monoisotopic (exact) mass is 470 g/mol. The zero-order valence-corrected chi connectivity index (χ0v) is 19.7. The third-order valence-electron chi connectivity index (χ3n) is 6.02. The summed E-state index contributed by atoms with van der Waals surface area (Å²) in [5, 5.41) is 11.5. The number of aromatic hydroxyl groups is 1. The van der Waals surface area contributed by atoms with Gasteiger partial charge in [-0.1, -0.05) is 53.8 Å². The molecule has 0 saturated carbocycles. The molecular weight excluding hydrogens is 448 g/mol. The van der Waals surface area contributed by atoms with E-state index < -0.39 is 6.04 Å². The first-order chi connectivity index (χ1) is 16.4. The number of phenolic OH excluding ortho intramolecular Hbond substituents is 1. The molecule has 3 aromatic carbocycles. The fourth-order valence-corrected chi connectivity index (χ4v) is 5.55. The summed E-state index contributed by atoms with van der Waals surface area (Å²) in [7, 11) is 1.59. The third kappa shape index (κ3) is 3.54. The SMILES string of the molecule is COc1ccc2ccccc2c1C1C(C(C)=O)=C(C)N=c2s/c(=C/c3ccc(O)cc3)c(=O)n21. The van der Waals surface area contributed by atoms with Crippen molar-refractivity contribution < 1.29 is 14.6 Å². The second kappa shape index (κ2) is 8.43. The normalized spacial score (nSPS) is 15.9. The van der Waals surface area contributed by atoms with Gasteiger partial charge in [0.1, 0.15) is 11.5 Å². The Morgan fingerprint density at radius 2 is 1.85 bits per heavy atom. The minimum atomic E-state index is -0.670. The van der Waals surface area contributed by atoms with Crippen molar-refractivity contribution in [1.29, 1.82) is 0 Å². The lowest BCUT2D eigenvalue weighted by molar-refractivity contribution is -0.114. The van der Waals surface area contributed by atoms with Gasteiger partial charge in [0.2, 0.25) is 0 Å². The molecule has 0 fully saturated rings. The highest BCUT2D eigenvalue weighted by Crippen LogP contribution is 2.40. The fourth-order valence-electron chi connectivity index (χ4n) is 4.50. The number of hydrogen-bond acceptors (Lipinski definition) is 6. The van der Waals surface area contributed by atoms with Crippen molar-refractivity contribution in [2.24, 2.45) is 4.99 Å². The summed E-state index contributed by atoms with van der Waals surface area (Å²) in [5.41, 5.74) is 2.37. The van der Waals surface area contributed by atoms with Gasteiger partial charge in [-0.05, 0) is 54.5 Å². The van der Waals surface area contributed by atoms with Gasteiger partial charge in [0.25, 0.3) is 5.56 Å². The Hall–Kier alpha value is -3.97. The number of carbonyl (C=O) groups excluding carboxylic acids is 1. The van der Waals surface area contributed by atoms with Crippen LogP contribution in [0.5, 0.6) is 11.5 Å². The van der Waals surface area contributed by atoms with Crippen LogP contribution in [0.2, 0.25) is 0 Å². The molecule has 170 valence electrons. The van der Waals surface area contributed by atoms with Gasteiger partial charge < -0.3 is 9.84 Å². The van der Waals surface area contributed by atoms with E-state index in [0.29, 0.717) is 26.4 Å². The van der Waals surface area contributed by atoms with Gasteiger partial charge in [0, 0.05) is 16.8 Å². The maximum atomic E-state index is 13.7. The molecule has 34 heavy (non-hydrogen) atoms. The number of benzene rings is 3. The number of thiazole rings is 1. The summed E-state index contributed by atoms with van der Waals surface area (Å²) in [6, 6.07) is 17.7. The van der Waals surface area contributed by atoms with Crippen LogP contribution in [0.25, 0.3) is 16.8 Å². The number of phenols is 1. The molecule has 0 spiro atoms. The first-order valence-corrected chi connectivity index (χ1v) is 11.6. The Bertz CT molecular complexity index is 1660. The number of allylic oxidation sites excluding steroid dienone is 2. The number of Topliss-reactive ketones (excluding diaryl/α,β-unsaturated/α-hetero) is 1. The van der Waals surface area contributed by atoms with Crippen LogP contribution in [0.15, 0.2) is 81.7 Å². The van der Waals surface area contributed by atoms with Crippen LogP contribution >= 0.6 is 11.3 Å². The van der Waals surface area contributed by atoms with Crippen molar-refractivity contribution in [2.75, 3.05) is 7.11 Å². The highest BCUT2D eigenvalue weighted by molar-refractivity contribution is 7.07. The second-order valence-corrected chi connectivity index (χ2v) is 9.14. The minimum Gasteiger partial charge on any atom is -0.508 e. The lowest BCUT2D eigenvalue weighted by atomic mass is 9.89. The van der Waals surface area contributed by atoms with Crippen LogP contribution in [0.4, 0.5) is 0 Å². The van der Waals surface area contributed by atoms with Gasteiger partial charge in [-0.15, -0.1) is 0 Å². The number of rotatable bonds is 4. The summed E-state index contributed by atoms with van der Waals surface area (Å²) in [6.45, 7) is 3.31. The Balaban J connectivity index is 1.86. The van der Waals surface area contributed by atoms with Gasteiger partial charge in [0.15, 0.2) is 10.6 Å². The van der Waals surface area contributed by atoms with E-state index in [1.54, 1.807) is 48.9 Å². The zero-order chi connectivity index (χ0) is 24.0. The molecule has 0 radical (unpaired) electrons. The standard InChI is InChI=1S/C27H22N2O4S/c1-15-23(16(2)30)25(24-20-7-5-4-6-18(20)10-13-21(24)33-3)29-26(32)22(34-27(29)28-15)14-17-8-11-19(31)12-9-17/h4-14,25,31H,1-3H3/b22-14+. The smallest absolute Gasteiger partial charge is 0.271 e. The third-order valence-corrected chi connectivity index (χ3v) is 7.00. The van der Waals surface area contributed by atoms with Crippen LogP contribution in [0, 0.1) is 0 Å². The van der Waals surface area contributed by atoms with Gasteiger partial charge in [-0.25, -0.2) is 4.99 Å². The predicted molar refractivity (Wildman–Crippen MR) is 133 cm³/mol. The topological polar surface area (TPSA) is 80.9 Å². The van der Waals surface area contributed by atoms with E-state index in [4.69, 9.17) is 4.74 Å². The minimum absolute atomic E-state index is 0.144. The summed E-state index contributed by atoms with van der Waals surface area (Å²) >= 11 is 1.28. The molecule has 7 heteroatoms. The highest BCUT2D eigenvalue weighted by Gasteiger charge is 2.33. The molecule has 1 atom stereocenters. The molecule has 0 aliphatic carbocycles. The first-order valence-electron chi connectivity index (χ1n) is 10.8. The molecule has 0 bridgehead atoms. The van der Waals surface area contributed by atoms with Crippen molar-refractivity contribution in [3.8, 4) is 11.5 Å². The number of carbonyl (C=O) groups is 1. The molecule has 1 aliphatic heterocycles. The summed E-state index contributed by atoms with van der Waals surface area (Å²) in [5.74, 6) is 0.614. The molecule has 4 aromatic rings. The molecule has 1 unspecified atom stereocenters. The number of aromatic nitrogens is 1. The van der Waals surface area contributed by atoms with Gasteiger partial charge in [0.05, 0.1) is 17.7 Å². The van der Waals surface area contributed by atoms with Gasteiger partial charge >= 0.3 is 0 Å². The van der Waals surface area contributed by atoms with Crippen molar-refractivity contribution >= 4 is 34.0 Å². The summed E-state index contributed by atoms with van der Waals surface area (Å²) in [6.07, 6.45) is 1.77. The molecule has 6 nitrogen and oxygen atoms in total. The lowest BCUT2D eigenvalue weighted by Crippen LogP contribution is -2.39. The van der Waals surface area contributed by atoms with Gasteiger partial charge in [-0.2, -0.15) is 0 Å². The van der Waals surface area contributed by atoms with E-state index in [2.05, 4.69) is 4.99 Å². The number of ether oxygens (including phenoxy) is 1. The molecule has 1 aromatic heterocycles. The Labute approximate surface area is 199 Å². The molecular formula is C27H22N2O4S. The Morgan fingerprint density at radius 1 is 1.12 bits per heavy atom. The largest absolute Gasteiger partial charge is 0.508 e. The average molecular weight is 471 g/mol. The number of nitrogens with zero attached hydrogens (tertiary/aromatic N) is 2. The van der Waals surface area contributed by atoms with E-state index in [1.165, 1.54) is 18.3 Å². The predicted octanol–water partition coefficient (Wildman–Crippen LogP) is 3.69. The maximum Gasteiger partial charge on any atom is 0.271 e. The number of ketones is 1. The number of fused-ring (bicyclic) bond motifs is 2. The molecule has 2 heterocycles. The Morgan fingerprint density at radius 3 is 2.56 bits per heavy atom. The van der Waals surface area contributed by atoms with Crippen LogP contribution in [0.3, 0.4) is 0 Å². The van der Waals surface area contributed by atoms with E-state index in [0.717, 1.165) is 21.9 Å². The van der Waals surface area contributed by atoms with E-state index >= 15 is 0 Å². The molecule has 0 amide bonds. The second-order valence-electron chi connectivity index (χ2n) is 8.13. The molecule has 1 aliphatic rings. The number of hydrogen-bond donors (Lipinski definition) is 1. The summed E-state index contributed by atoms with van der Waals surface area (Å²) < 4.78 is 7.82. The zero-order valence-electron chi connectivity index (χ0n) is 18.9. The van der Waals surface area contributed by atoms with Crippen LogP contribution in [-0.2, 0) is 4.79 Å². The van der Waals surface area contributed by atoms with Crippen molar-refractivity contribution in [3.05, 3.63) is 103 Å². The fraction of sp³-hybridized carbons (Fsp3) is 0.148. The average Bonchev–Trinajstić information content (AvgIpc) is 3.13. The van der Waals surface area contributed by atoms with Crippen molar-refractivity contribution in [1.82, 2.24) is 4.57 Å². The van der Waals surface area contributed by atoms with E-state index in [9.17, 15) is 14.7 Å². The van der Waals surface area contributed by atoms with E-state index in [-0.39, 0.29) is 17.1 Å². The van der Waals surface area contributed by atoms with Crippen LogP contribution in [-0.4, -0.2) is 22.6 Å². The number of methoxy groups -OCH3 is 1. The Kier molecular flexibility index (Phi) is 5.42. The molecule has 1 N–H and O–H groups in total.